The lowest BCUT2D eigenvalue weighted by molar-refractivity contribution is 0.410. The molecule has 2 heterocycles. The maximum Gasteiger partial charge on any atom is 0.215 e. The van der Waals surface area contributed by atoms with Crippen molar-refractivity contribution in [2.45, 2.75) is 32.2 Å². The molecule has 1 saturated heterocycles. The Morgan fingerprint density at radius 1 is 1.50 bits per heavy atom. The molecule has 0 bridgehead atoms. The molecule has 2 rings (SSSR count). The fourth-order valence-electron chi connectivity index (χ4n) is 1.91. The molecule has 0 aromatic carbocycles. The molecule has 0 unspecified atom stereocenters. The molecule has 1 atom stereocenters. The minimum Gasteiger partial charge on any atom is -0.310 e. The number of hydrogen-bond acceptors (Lipinski definition) is 2. The highest BCUT2D eigenvalue weighted by Crippen LogP contribution is 2.23. The van der Waals surface area contributed by atoms with Crippen molar-refractivity contribution < 1.29 is 4.39 Å². The lowest BCUT2D eigenvalue weighted by Gasteiger charge is -2.23. The summed E-state index contributed by atoms with van der Waals surface area (Å²) in [6, 6.07) is 2.27. The van der Waals surface area contributed by atoms with Crippen LogP contribution in [0.5, 0.6) is 0 Å². The Morgan fingerprint density at radius 2 is 2.36 bits per heavy atom. The van der Waals surface area contributed by atoms with Crippen LogP contribution in [0.15, 0.2) is 12.3 Å². The van der Waals surface area contributed by atoms with Crippen LogP contribution in [-0.4, -0.2) is 11.5 Å². The van der Waals surface area contributed by atoms with Gasteiger partial charge in [0, 0.05) is 17.8 Å². The van der Waals surface area contributed by atoms with Gasteiger partial charge in [-0.25, -0.2) is 4.98 Å². The molecule has 0 radical (unpaired) electrons. The maximum absolute atomic E-state index is 12.9. The first-order valence-corrected chi connectivity index (χ1v) is 5.13. The van der Waals surface area contributed by atoms with Crippen LogP contribution in [0, 0.1) is 12.9 Å². The summed E-state index contributed by atoms with van der Waals surface area (Å²) in [5.41, 5.74) is 1.75. The number of hydrogen-bond donors (Lipinski definition) is 1. The fraction of sp³-hybridized carbons (Fsp3) is 0.545. The van der Waals surface area contributed by atoms with Crippen molar-refractivity contribution in [2.75, 3.05) is 6.54 Å². The zero-order chi connectivity index (χ0) is 9.97. The number of aryl methyl sites for hydroxylation is 1. The molecule has 3 heteroatoms. The van der Waals surface area contributed by atoms with Gasteiger partial charge in [0.25, 0.3) is 0 Å². The summed E-state index contributed by atoms with van der Waals surface area (Å²) in [4.78, 5) is 3.75. The normalized spacial score (nSPS) is 22.3. The largest absolute Gasteiger partial charge is 0.310 e. The van der Waals surface area contributed by atoms with Gasteiger partial charge in [-0.2, -0.15) is 4.39 Å². The van der Waals surface area contributed by atoms with Crippen molar-refractivity contribution in [1.29, 1.82) is 0 Å². The van der Waals surface area contributed by atoms with Gasteiger partial charge in [-0.05, 0) is 37.9 Å². The van der Waals surface area contributed by atoms with Gasteiger partial charge in [0.1, 0.15) is 0 Å². The first kappa shape index (κ1) is 9.59. The molecule has 1 aliphatic rings. The number of halogens is 1. The predicted octanol–water partition coefficient (Wildman–Crippen LogP) is 2.34. The lowest BCUT2D eigenvalue weighted by Crippen LogP contribution is -2.26. The second-order valence-corrected chi connectivity index (χ2v) is 3.88. The monoisotopic (exact) mass is 194 g/mol. The fourth-order valence-corrected chi connectivity index (χ4v) is 1.91. The Balaban J connectivity index is 2.18. The third-order valence-corrected chi connectivity index (χ3v) is 2.75. The highest BCUT2D eigenvalue weighted by Gasteiger charge is 2.15. The maximum atomic E-state index is 12.9. The molecule has 0 spiro atoms. The van der Waals surface area contributed by atoms with Gasteiger partial charge in [0.2, 0.25) is 5.95 Å². The molecule has 1 N–H and O–H groups in total. The molecule has 0 aliphatic carbocycles. The van der Waals surface area contributed by atoms with E-state index in [0.29, 0.717) is 11.6 Å². The molecule has 1 aromatic rings. The molecule has 76 valence electrons. The first-order valence-electron chi connectivity index (χ1n) is 5.13. The molecular weight excluding hydrogens is 179 g/mol. The summed E-state index contributed by atoms with van der Waals surface area (Å²) in [6.45, 7) is 2.82. The highest BCUT2D eigenvalue weighted by atomic mass is 19.1. The second-order valence-electron chi connectivity index (χ2n) is 3.88. The van der Waals surface area contributed by atoms with Crippen molar-refractivity contribution in [2.24, 2.45) is 0 Å². The summed E-state index contributed by atoms with van der Waals surface area (Å²) in [6.07, 6.45) is 5.26. The Labute approximate surface area is 83.6 Å². The quantitative estimate of drug-likeness (QED) is 0.694. The van der Waals surface area contributed by atoms with E-state index in [9.17, 15) is 4.39 Å². The average Bonchev–Trinajstić information content (AvgIpc) is 2.23. The zero-order valence-electron chi connectivity index (χ0n) is 8.39. The van der Waals surface area contributed by atoms with E-state index in [1.54, 1.807) is 13.1 Å². The van der Waals surface area contributed by atoms with Gasteiger partial charge in [-0.15, -0.1) is 0 Å². The minimum absolute atomic E-state index is 0.357. The van der Waals surface area contributed by atoms with E-state index in [1.807, 2.05) is 6.07 Å². The van der Waals surface area contributed by atoms with Gasteiger partial charge >= 0.3 is 0 Å². The van der Waals surface area contributed by atoms with Gasteiger partial charge in [0.05, 0.1) is 0 Å². The van der Waals surface area contributed by atoms with Crippen molar-refractivity contribution in [3.8, 4) is 0 Å². The van der Waals surface area contributed by atoms with Crippen LogP contribution in [0.1, 0.15) is 36.4 Å². The van der Waals surface area contributed by atoms with Crippen molar-refractivity contribution in [1.82, 2.24) is 10.3 Å². The van der Waals surface area contributed by atoms with E-state index in [4.69, 9.17) is 0 Å². The van der Waals surface area contributed by atoms with Crippen LogP contribution < -0.4 is 5.32 Å². The average molecular weight is 194 g/mol. The Kier molecular flexibility index (Phi) is 2.77. The molecule has 1 aromatic heterocycles. The Hall–Kier alpha value is -0.960. The number of aromatic nitrogens is 1. The van der Waals surface area contributed by atoms with E-state index >= 15 is 0 Å². The third-order valence-electron chi connectivity index (χ3n) is 2.75. The van der Waals surface area contributed by atoms with Crippen LogP contribution >= 0.6 is 0 Å². The number of pyridine rings is 1. The van der Waals surface area contributed by atoms with Crippen LogP contribution in [0.25, 0.3) is 0 Å². The number of nitrogens with one attached hydrogen (secondary N) is 1. The number of nitrogens with zero attached hydrogens (tertiary/aromatic N) is 1. The van der Waals surface area contributed by atoms with E-state index < -0.39 is 0 Å². The van der Waals surface area contributed by atoms with E-state index in [1.165, 1.54) is 12.8 Å². The molecule has 0 saturated carbocycles. The van der Waals surface area contributed by atoms with E-state index in [2.05, 4.69) is 10.3 Å². The molecule has 1 fully saturated rings. The molecule has 2 nitrogen and oxygen atoms in total. The lowest BCUT2D eigenvalue weighted by atomic mass is 9.98. The van der Waals surface area contributed by atoms with Crippen molar-refractivity contribution in [3.63, 3.8) is 0 Å². The number of rotatable bonds is 1. The summed E-state index contributed by atoms with van der Waals surface area (Å²) in [5.74, 6) is -0.357. The summed E-state index contributed by atoms with van der Waals surface area (Å²) >= 11 is 0. The Morgan fingerprint density at radius 3 is 3.00 bits per heavy atom. The third kappa shape index (κ3) is 1.93. The highest BCUT2D eigenvalue weighted by molar-refractivity contribution is 5.21. The minimum atomic E-state index is -0.357. The van der Waals surface area contributed by atoms with E-state index in [-0.39, 0.29) is 5.95 Å². The van der Waals surface area contributed by atoms with Crippen LogP contribution in [0.4, 0.5) is 4.39 Å². The van der Waals surface area contributed by atoms with Crippen molar-refractivity contribution >= 4 is 0 Å². The van der Waals surface area contributed by atoms with Gasteiger partial charge in [0.15, 0.2) is 0 Å². The smallest absolute Gasteiger partial charge is 0.215 e. The van der Waals surface area contributed by atoms with Crippen LogP contribution in [0.2, 0.25) is 0 Å². The summed E-state index contributed by atoms with van der Waals surface area (Å²) < 4.78 is 12.9. The summed E-state index contributed by atoms with van der Waals surface area (Å²) in [7, 11) is 0. The molecule has 0 amide bonds. The molecular formula is C11H15FN2. The second kappa shape index (κ2) is 4.05. The zero-order valence-corrected chi connectivity index (χ0v) is 8.39. The van der Waals surface area contributed by atoms with Crippen LogP contribution in [0.3, 0.4) is 0 Å². The number of piperidine rings is 1. The summed E-state index contributed by atoms with van der Waals surface area (Å²) in [5, 5.41) is 3.42. The van der Waals surface area contributed by atoms with Crippen LogP contribution in [-0.2, 0) is 0 Å². The van der Waals surface area contributed by atoms with Gasteiger partial charge in [-0.3, -0.25) is 0 Å². The topological polar surface area (TPSA) is 24.9 Å². The first-order chi connectivity index (χ1) is 6.77. The Bertz CT molecular complexity index is 319. The molecule has 14 heavy (non-hydrogen) atoms. The predicted molar refractivity (Wildman–Crippen MR) is 53.5 cm³/mol. The van der Waals surface area contributed by atoms with E-state index in [0.717, 1.165) is 18.5 Å². The SMILES string of the molecule is Cc1cc([C@@H]2CCCCN2)cnc1F. The van der Waals surface area contributed by atoms with Gasteiger partial charge in [-0.1, -0.05) is 6.42 Å². The van der Waals surface area contributed by atoms with Gasteiger partial charge < -0.3 is 5.32 Å². The standard InChI is InChI=1S/C11H15FN2/c1-8-6-9(7-14-11(8)12)10-4-2-3-5-13-10/h6-7,10,13H,2-5H2,1H3/t10-/m0/s1. The van der Waals surface area contributed by atoms with Crippen molar-refractivity contribution in [3.05, 3.63) is 29.3 Å². The molecule has 1 aliphatic heterocycles.